The Morgan fingerprint density at radius 1 is 0.429 bits per heavy atom. The van der Waals surface area contributed by atoms with Crippen LogP contribution in [0.1, 0.15) is 11.0 Å². The number of fused-ring (bicyclic) bond motifs is 6. The minimum absolute atomic E-state index is 0.0124. The van der Waals surface area contributed by atoms with Crippen LogP contribution in [0.5, 0.6) is 0 Å². The van der Waals surface area contributed by atoms with Gasteiger partial charge in [0.2, 0.25) is 0 Å². The Morgan fingerprint density at radius 3 is 1.73 bits per heavy atom. The van der Waals surface area contributed by atoms with Crippen molar-refractivity contribution in [2.24, 2.45) is 0 Å². The molecule has 5 heteroatoms. The molecule has 0 aliphatic heterocycles. The van der Waals surface area contributed by atoms with E-state index in [0.29, 0.717) is 27.7 Å². The number of hydrogen-bond donors (Lipinski definition) is 0. The minimum Gasteiger partial charge on any atom is -0.455 e. The molecule has 8 aromatic carbocycles. The highest BCUT2D eigenvalue weighted by molar-refractivity contribution is 6.11. The monoisotopic (exact) mass is 724 g/mol. The summed E-state index contributed by atoms with van der Waals surface area (Å²) in [7, 11) is 0. The molecule has 0 fully saturated rings. The zero-order valence-electron chi connectivity index (χ0n) is 37.6. The van der Waals surface area contributed by atoms with Crippen LogP contribution >= 0.6 is 0 Å². The maximum atomic E-state index is 9.56. The van der Waals surface area contributed by atoms with E-state index in [1.54, 1.807) is 4.57 Å². The summed E-state index contributed by atoms with van der Waals surface area (Å²) < 4.78 is 82.4. The number of rotatable bonds is 6. The zero-order chi connectivity index (χ0) is 44.0. The molecule has 3 aromatic heterocycles. The molecule has 0 N–H and O–H groups in total. The van der Waals surface area contributed by atoms with Gasteiger partial charge in [0.1, 0.15) is 11.2 Å². The standard InChI is InChI=1S/C51H32N4O/c1-3-13-34(14-4-1)40-21-12-22-44-43-30-29-38(32-47(43)56-48(40)44)51-53-49(35-15-5-2-6-16-35)52-50(54-51)36-27-25-33(26-28-36)37-17-11-18-39(31-37)55-45-23-9-7-19-41(45)42-20-8-10-24-46(42)55/h1-32H/i11D,17D,18D,25D,26D,27D,28D,31D. The summed E-state index contributed by atoms with van der Waals surface area (Å²) >= 11 is 0. The summed E-state index contributed by atoms with van der Waals surface area (Å²) in [5.41, 5.74) is 4.96. The second-order valence-corrected chi connectivity index (χ2v) is 13.4. The molecule has 0 aliphatic rings. The van der Waals surface area contributed by atoms with Crippen LogP contribution in [0.3, 0.4) is 0 Å². The van der Waals surface area contributed by atoms with E-state index in [1.165, 1.54) is 0 Å². The van der Waals surface area contributed by atoms with Crippen molar-refractivity contribution < 1.29 is 15.4 Å². The Hall–Kier alpha value is -7.63. The van der Waals surface area contributed by atoms with E-state index in [0.717, 1.165) is 38.3 Å². The van der Waals surface area contributed by atoms with Crippen LogP contribution in [0.25, 0.3) is 106 Å². The molecule has 0 saturated heterocycles. The lowest BCUT2D eigenvalue weighted by molar-refractivity contribution is 0.670. The van der Waals surface area contributed by atoms with Crippen molar-refractivity contribution in [1.29, 1.82) is 0 Å². The number of nitrogens with zero attached hydrogens (tertiary/aromatic N) is 4. The van der Waals surface area contributed by atoms with Gasteiger partial charge in [-0.1, -0.05) is 158 Å². The normalized spacial score (nSPS) is 13.6. The molecule has 3 heterocycles. The summed E-state index contributed by atoms with van der Waals surface area (Å²) in [6.07, 6.45) is 0. The average molecular weight is 725 g/mol. The van der Waals surface area contributed by atoms with Gasteiger partial charge in [-0.2, -0.15) is 0 Å². The maximum Gasteiger partial charge on any atom is 0.164 e. The van der Waals surface area contributed by atoms with Crippen molar-refractivity contribution in [3.63, 3.8) is 0 Å². The van der Waals surface area contributed by atoms with Crippen molar-refractivity contribution in [1.82, 2.24) is 19.5 Å². The smallest absolute Gasteiger partial charge is 0.164 e. The summed E-state index contributed by atoms with van der Waals surface area (Å²) in [4.78, 5) is 14.4. The molecule has 0 bridgehead atoms. The lowest BCUT2D eigenvalue weighted by atomic mass is 10.0. The third-order valence-corrected chi connectivity index (χ3v) is 10.0. The van der Waals surface area contributed by atoms with E-state index >= 15 is 0 Å². The molecule has 5 nitrogen and oxygen atoms in total. The molecular weight excluding hydrogens is 685 g/mol. The van der Waals surface area contributed by atoms with Gasteiger partial charge in [0.25, 0.3) is 0 Å². The molecule has 262 valence electrons. The molecule has 11 rings (SSSR count). The fourth-order valence-corrected chi connectivity index (χ4v) is 7.40. The van der Waals surface area contributed by atoms with Gasteiger partial charge >= 0.3 is 0 Å². The van der Waals surface area contributed by atoms with Crippen LogP contribution in [-0.4, -0.2) is 19.5 Å². The molecule has 0 atom stereocenters. The molecular formula is C51H32N4O. The fraction of sp³-hybridized carbons (Fsp3) is 0. The quantitative estimate of drug-likeness (QED) is 0.171. The zero-order valence-corrected chi connectivity index (χ0v) is 29.6. The van der Waals surface area contributed by atoms with Crippen molar-refractivity contribution >= 4 is 43.7 Å². The van der Waals surface area contributed by atoms with Gasteiger partial charge in [0.05, 0.1) is 22.0 Å². The molecule has 0 amide bonds. The van der Waals surface area contributed by atoms with Gasteiger partial charge in [0, 0.05) is 49.5 Å². The van der Waals surface area contributed by atoms with E-state index in [9.17, 15) is 6.85 Å². The third kappa shape index (κ3) is 5.37. The highest BCUT2D eigenvalue weighted by Crippen LogP contribution is 2.38. The molecule has 11 aromatic rings. The second-order valence-electron chi connectivity index (χ2n) is 13.4. The topological polar surface area (TPSA) is 56.7 Å². The minimum atomic E-state index is -0.557. The van der Waals surface area contributed by atoms with E-state index in [2.05, 4.69) is 0 Å². The summed E-state index contributed by atoms with van der Waals surface area (Å²) in [5.74, 6) is 0.326. The number of benzene rings is 8. The molecule has 0 unspecified atom stereocenters. The van der Waals surface area contributed by atoms with Crippen LogP contribution < -0.4 is 0 Å². The number of furan rings is 1. The number of aromatic nitrogens is 4. The average Bonchev–Trinajstić information content (AvgIpc) is 3.87. The van der Waals surface area contributed by atoms with Crippen molar-refractivity contribution in [3.05, 3.63) is 194 Å². The first kappa shape index (κ1) is 24.6. The lowest BCUT2D eigenvalue weighted by Crippen LogP contribution is -2.00. The highest BCUT2D eigenvalue weighted by atomic mass is 16.3. The number of para-hydroxylation sites is 3. The second kappa shape index (κ2) is 13.0. The van der Waals surface area contributed by atoms with Gasteiger partial charge in [-0.15, -0.1) is 0 Å². The predicted octanol–water partition coefficient (Wildman–Crippen LogP) is 13.2. The summed E-state index contributed by atoms with van der Waals surface area (Å²) in [6, 6.07) is 41.9. The fourth-order valence-electron chi connectivity index (χ4n) is 7.40. The van der Waals surface area contributed by atoms with Gasteiger partial charge in [-0.3, -0.25) is 0 Å². The summed E-state index contributed by atoms with van der Waals surface area (Å²) in [6.45, 7) is 0. The molecule has 0 saturated carbocycles. The molecule has 0 aliphatic carbocycles. The number of hydrogen-bond acceptors (Lipinski definition) is 4. The van der Waals surface area contributed by atoms with E-state index in [-0.39, 0.29) is 51.9 Å². The Kier molecular flexibility index (Phi) is 5.74. The maximum absolute atomic E-state index is 9.56. The van der Waals surface area contributed by atoms with Crippen LogP contribution in [0.15, 0.2) is 198 Å². The lowest BCUT2D eigenvalue weighted by Gasteiger charge is -2.11. The van der Waals surface area contributed by atoms with Gasteiger partial charge in [-0.05, 0) is 53.0 Å². The van der Waals surface area contributed by atoms with Crippen LogP contribution in [0.4, 0.5) is 0 Å². The summed E-state index contributed by atoms with van der Waals surface area (Å²) in [5, 5.41) is 3.55. The van der Waals surface area contributed by atoms with Gasteiger partial charge in [-0.25, -0.2) is 15.0 Å². The van der Waals surface area contributed by atoms with Crippen molar-refractivity contribution in [3.8, 4) is 62.1 Å². The SMILES string of the molecule is [2H]c1c([2H])c(-c2c([2H])c([2H])c(-c3nc(-c4ccccc4)nc(-c4ccc5c(c4)oc4c(-c6ccccc6)cccc45)n3)c([2H])c2[2H])c([2H])c(-n2c3ccccc3c3ccccc32)c1[2H]. The predicted molar refractivity (Wildman–Crippen MR) is 229 cm³/mol. The molecule has 0 spiro atoms. The van der Waals surface area contributed by atoms with Gasteiger partial charge < -0.3 is 8.98 Å². The first-order chi connectivity index (χ1) is 31.1. The largest absolute Gasteiger partial charge is 0.455 e. The molecule has 56 heavy (non-hydrogen) atoms. The Labute approximate surface area is 334 Å². The highest BCUT2D eigenvalue weighted by Gasteiger charge is 2.17. The Balaban J connectivity index is 1.10. The van der Waals surface area contributed by atoms with E-state index in [1.807, 2.05) is 146 Å². The van der Waals surface area contributed by atoms with E-state index in [4.69, 9.17) is 23.5 Å². The Bertz CT molecular complexity index is 3640. The van der Waals surface area contributed by atoms with Crippen LogP contribution in [0.2, 0.25) is 0 Å². The van der Waals surface area contributed by atoms with Crippen molar-refractivity contribution in [2.75, 3.05) is 0 Å². The first-order valence-electron chi connectivity index (χ1n) is 22.1. The third-order valence-electron chi connectivity index (χ3n) is 10.0. The first-order valence-corrected chi connectivity index (χ1v) is 18.1. The van der Waals surface area contributed by atoms with Crippen molar-refractivity contribution in [2.45, 2.75) is 0 Å². The Morgan fingerprint density at radius 2 is 1.02 bits per heavy atom. The van der Waals surface area contributed by atoms with E-state index < -0.39 is 36.3 Å². The van der Waals surface area contributed by atoms with Crippen LogP contribution in [0, 0.1) is 0 Å². The van der Waals surface area contributed by atoms with Gasteiger partial charge in [0.15, 0.2) is 17.5 Å². The molecule has 0 radical (unpaired) electrons. The van der Waals surface area contributed by atoms with Crippen LogP contribution in [-0.2, 0) is 0 Å².